The third-order valence-electron chi connectivity index (χ3n) is 12.9. The lowest BCUT2D eigenvalue weighted by Crippen LogP contribution is -2.34. The predicted octanol–water partition coefficient (Wildman–Crippen LogP) is 9.73. The van der Waals surface area contributed by atoms with Crippen molar-refractivity contribution in [2.45, 2.75) is 45.8 Å². The Balaban J connectivity index is 0.662. The summed E-state index contributed by atoms with van der Waals surface area (Å²) in [5.41, 5.74) is 14.1. The molecule has 8 aromatic rings. The molecule has 0 aliphatic carbocycles. The number of aromatic nitrogens is 5. The Kier molecular flexibility index (Phi) is 21.7. The van der Waals surface area contributed by atoms with Crippen molar-refractivity contribution in [2.24, 2.45) is 0 Å². The molecule has 85 heavy (non-hydrogen) atoms. The summed E-state index contributed by atoms with van der Waals surface area (Å²) in [6.45, 7) is 6.57. The Morgan fingerprint density at radius 2 is 1.20 bits per heavy atom. The normalized spacial score (nSPS) is 11.5. The smallest absolute Gasteiger partial charge is 0.407 e. The molecule has 0 aliphatic rings. The lowest BCUT2D eigenvalue weighted by Gasteiger charge is -2.25. The zero-order valence-electron chi connectivity index (χ0n) is 47.6. The number of allylic oxidation sites excluding steroid dienone is 1. The maximum Gasteiger partial charge on any atom is 0.407 e. The zero-order chi connectivity index (χ0) is 59.8. The van der Waals surface area contributed by atoms with E-state index < -0.39 is 17.8 Å². The summed E-state index contributed by atoms with van der Waals surface area (Å²) < 4.78 is 39.8. The van der Waals surface area contributed by atoms with Crippen molar-refractivity contribution in [3.8, 4) is 24.2 Å². The highest BCUT2D eigenvalue weighted by Gasteiger charge is 2.19. The van der Waals surface area contributed by atoms with E-state index in [9.17, 15) is 20.1 Å². The number of rotatable bonds is 29. The van der Waals surface area contributed by atoms with E-state index in [2.05, 4.69) is 53.0 Å². The fourth-order valence-corrected chi connectivity index (χ4v) is 7.95. The fraction of sp³-hybridized carbons (Fsp3) is 0.254. The fourth-order valence-electron chi connectivity index (χ4n) is 7.95. The molecule has 5 aromatic carbocycles. The molecular formula is C63H65N13O9. The molecule has 436 valence electrons. The number of hydrogen-bond acceptors (Lipinski definition) is 20. The van der Waals surface area contributed by atoms with E-state index in [4.69, 9.17) is 38.6 Å². The van der Waals surface area contributed by atoms with Gasteiger partial charge in [-0.3, -0.25) is 0 Å². The van der Waals surface area contributed by atoms with Crippen molar-refractivity contribution in [1.29, 1.82) is 10.5 Å². The predicted molar refractivity (Wildman–Crippen MR) is 321 cm³/mol. The summed E-state index contributed by atoms with van der Waals surface area (Å²) in [5.74, 6) is 1.14. The van der Waals surface area contributed by atoms with Gasteiger partial charge in [0, 0.05) is 57.5 Å². The number of likely N-dealkylation sites (N-methyl/N-ethyl adjacent to an activating group) is 2. The van der Waals surface area contributed by atoms with Crippen LogP contribution in [0.15, 0.2) is 156 Å². The molecule has 2 amide bonds. The van der Waals surface area contributed by atoms with E-state index in [1.54, 1.807) is 30.5 Å². The highest BCUT2D eigenvalue weighted by atomic mass is 16.7. The molecule has 0 saturated heterocycles. The van der Waals surface area contributed by atoms with Gasteiger partial charge >= 0.3 is 24.2 Å². The van der Waals surface area contributed by atoms with Gasteiger partial charge in [0.2, 0.25) is 5.89 Å². The minimum absolute atomic E-state index is 0.0481. The number of amides is 2. The van der Waals surface area contributed by atoms with Crippen molar-refractivity contribution in [1.82, 2.24) is 35.6 Å². The van der Waals surface area contributed by atoms with Gasteiger partial charge < -0.3 is 64.3 Å². The first-order chi connectivity index (χ1) is 41.3. The molecule has 0 atom stereocenters. The van der Waals surface area contributed by atoms with Crippen molar-refractivity contribution < 1.29 is 42.4 Å². The minimum atomic E-state index is -0.667. The molecule has 0 fully saturated rings. The number of alkyl carbamates (subject to hydrolysis) is 2. The van der Waals surface area contributed by atoms with Gasteiger partial charge in [0.1, 0.15) is 62.0 Å². The number of oxazole rings is 1. The van der Waals surface area contributed by atoms with E-state index in [1.807, 2.05) is 159 Å². The van der Waals surface area contributed by atoms with Crippen molar-refractivity contribution in [3.05, 3.63) is 191 Å². The van der Waals surface area contributed by atoms with Crippen LogP contribution in [-0.4, -0.2) is 103 Å². The molecule has 3 heterocycles. The number of ether oxygens (including phenoxy) is 6. The van der Waals surface area contributed by atoms with E-state index in [0.717, 1.165) is 44.8 Å². The molecule has 0 bridgehead atoms. The molecule has 3 aromatic heterocycles. The molecule has 0 aliphatic heterocycles. The monoisotopic (exact) mass is 1150 g/mol. The van der Waals surface area contributed by atoms with Crippen LogP contribution in [0.5, 0.6) is 12.0 Å². The Hall–Kier alpha value is -10.6. The maximum atomic E-state index is 12.5. The van der Waals surface area contributed by atoms with Gasteiger partial charge in [-0.25, -0.2) is 24.5 Å². The maximum absolute atomic E-state index is 12.5. The summed E-state index contributed by atoms with van der Waals surface area (Å²) in [6.07, 6.45) is 5.57. The Labute approximate surface area is 492 Å². The first kappa shape index (κ1) is 60.5. The van der Waals surface area contributed by atoms with Crippen molar-refractivity contribution >= 4 is 64.0 Å². The quantitative estimate of drug-likeness (QED) is 0.0193. The van der Waals surface area contributed by atoms with Crippen LogP contribution < -0.4 is 41.0 Å². The summed E-state index contributed by atoms with van der Waals surface area (Å²) in [4.78, 5) is 50.1. The van der Waals surface area contributed by atoms with E-state index in [1.165, 1.54) is 6.20 Å². The molecule has 0 spiro atoms. The second kappa shape index (κ2) is 30.5. The molecule has 0 unspecified atom stereocenters. The largest absolute Gasteiger partial charge is 0.459 e. The van der Waals surface area contributed by atoms with Crippen molar-refractivity contribution in [3.63, 3.8) is 0 Å². The number of nitrogens with two attached hydrogens (primary N) is 1. The number of carbonyl (C=O) groups is 2. The van der Waals surface area contributed by atoms with Crippen LogP contribution in [0.3, 0.4) is 0 Å². The van der Waals surface area contributed by atoms with E-state index in [-0.39, 0.29) is 64.3 Å². The van der Waals surface area contributed by atoms with Gasteiger partial charge in [-0.15, -0.1) is 0 Å². The minimum Gasteiger partial charge on any atom is -0.459 e. The SMILES string of the molecule is CN(CCOC(=O)NCc1ccc(COc2nccc(N)n2)cc1)c1ccc(/C=C(\C#N)COCOC(C)(C)CNc2ccnc(OCc3ccc(CNC(=O)OCCN(C)c4ccc(/C=C(\C#N)c5nc6ccccc6o5)cc4)cc3)n2)cc1. The van der Waals surface area contributed by atoms with Crippen LogP contribution in [0.25, 0.3) is 28.8 Å². The number of carbonyl (C=O) groups excluding carboxylic acids is 2. The molecule has 22 nitrogen and oxygen atoms in total. The highest BCUT2D eigenvalue weighted by Crippen LogP contribution is 2.24. The van der Waals surface area contributed by atoms with Crippen LogP contribution in [0.4, 0.5) is 32.6 Å². The Bertz CT molecular complexity index is 3590. The van der Waals surface area contributed by atoms with Gasteiger partial charge in [0.25, 0.3) is 0 Å². The molecule has 0 radical (unpaired) electrons. The number of nitriles is 2. The summed E-state index contributed by atoms with van der Waals surface area (Å²) in [6, 6.07) is 45.9. The standard InChI is InChI=1S/C63H65N13O9/c1-63(2,84-43-79-39-50(35-64)33-44-17-21-52(22-18-44)75(3)29-31-80-61(77)69-37-46-9-13-48(14-10-46)40-82-59-67-27-25-56(66)73-59)42-71-57-26-28-68-60(74-57)83-41-49-15-11-47(12-16-49)38-70-62(78)81-32-30-76(4)53-23-19-45(20-24-53)34-51(36-65)58-72-54-7-5-6-8-55(54)85-58/h5-28,33-34H,29-32,37-43H2,1-4H3,(H,69,77)(H,70,78)(H2,66,67,73)(H,68,71,74)/b50-33+,51-34+. The molecule has 22 heteroatoms. The third-order valence-corrected chi connectivity index (χ3v) is 12.9. The second-order valence-corrected chi connectivity index (χ2v) is 19.9. The van der Waals surface area contributed by atoms with Gasteiger partial charge in [-0.1, -0.05) is 84.9 Å². The van der Waals surface area contributed by atoms with Crippen LogP contribution in [-0.2, 0) is 45.3 Å². The highest BCUT2D eigenvalue weighted by molar-refractivity contribution is 5.89. The topological polar surface area (TPSA) is 283 Å². The molecule has 5 N–H and O–H groups in total. The lowest BCUT2D eigenvalue weighted by molar-refractivity contribution is -0.116. The van der Waals surface area contributed by atoms with Crippen LogP contribution in [0, 0.1) is 22.7 Å². The Morgan fingerprint density at radius 1 is 0.659 bits per heavy atom. The van der Waals surface area contributed by atoms with Gasteiger partial charge in [0.05, 0.1) is 36.9 Å². The molecular weight excluding hydrogens is 1080 g/mol. The van der Waals surface area contributed by atoms with Crippen LogP contribution in [0.1, 0.15) is 53.1 Å². The number of hydrogen-bond donors (Lipinski definition) is 4. The lowest BCUT2D eigenvalue weighted by atomic mass is 10.1. The van der Waals surface area contributed by atoms with Gasteiger partial charge in [0.15, 0.2) is 5.58 Å². The summed E-state index contributed by atoms with van der Waals surface area (Å²) in [7, 11) is 3.81. The second-order valence-electron chi connectivity index (χ2n) is 19.9. The first-order valence-electron chi connectivity index (χ1n) is 27.1. The average Bonchev–Trinajstić information content (AvgIpc) is 3.92. The number of nitrogen functional groups attached to an aromatic ring is 1. The van der Waals surface area contributed by atoms with Crippen molar-refractivity contribution in [2.75, 3.05) is 81.2 Å². The van der Waals surface area contributed by atoms with Crippen LogP contribution >= 0.6 is 0 Å². The summed E-state index contributed by atoms with van der Waals surface area (Å²) in [5, 5.41) is 28.4. The van der Waals surface area contributed by atoms with Gasteiger partial charge in [-0.2, -0.15) is 20.5 Å². The zero-order valence-corrected chi connectivity index (χ0v) is 47.6. The molecule has 0 saturated carbocycles. The number of nitrogens with one attached hydrogen (secondary N) is 3. The Morgan fingerprint density at radius 3 is 1.75 bits per heavy atom. The van der Waals surface area contributed by atoms with E-state index >= 15 is 0 Å². The third kappa shape index (κ3) is 19.6. The average molecular weight is 1150 g/mol. The number of nitrogens with zero attached hydrogens (tertiary/aromatic N) is 9. The first-order valence-corrected chi connectivity index (χ1v) is 27.1. The summed E-state index contributed by atoms with van der Waals surface area (Å²) >= 11 is 0. The molecule has 8 rings (SSSR count). The number of anilines is 4. The van der Waals surface area contributed by atoms with Gasteiger partial charge in [-0.05, 0) is 108 Å². The number of para-hydroxylation sites is 2. The van der Waals surface area contributed by atoms with Crippen LogP contribution in [0.2, 0.25) is 0 Å². The number of benzene rings is 5. The van der Waals surface area contributed by atoms with E-state index in [0.29, 0.717) is 60.1 Å². The number of fused-ring (bicyclic) bond motifs is 1.